The van der Waals surface area contributed by atoms with Gasteiger partial charge in [0.15, 0.2) is 6.61 Å². The van der Waals surface area contributed by atoms with Crippen LogP contribution in [0.25, 0.3) is 21.9 Å². The first-order chi connectivity index (χ1) is 13.6. The Balaban J connectivity index is 1.48. The Kier molecular flexibility index (Phi) is 4.30. The number of nitrogens with one attached hydrogen (secondary N) is 1. The van der Waals surface area contributed by atoms with E-state index >= 15 is 0 Å². The third-order valence-electron chi connectivity index (χ3n) is 4.32. The zero-order chi connectivity index (χ0) is 19.7. The van der Waals surface area contributed by atoms with Gasteiger partial charge < -0.3 is 18.9 Å². The van der Waals surface area contributed by atoms with E-state index in [1.807, 2.05) is 18.2 Å². The summed E-state index contributed by atoms with van der Waals surface area (Å²) in [6, 6.07) is 16.1. The minimum Gasteiger partial charge on any atom is -0.450 e. The Morgan fingerprint density at radius 2 is 1.68 bits per heavy atom. The number of anilines is 1. The zero-order valence-electron chi connectivity index (χ0n) is 14.8. The fourth-order valence-electron chi connectivity index (χ4n) is 2.99. The largest absolute Gasteiger partial charge is 0.450 e. The van der Waals surface area contributed by atoms with E-state index in [2.05, 4.69) is 5.32 Å². The van der Waals surface area contributed by atoms with E-state index in [0.29, 0.717) is 22.1 Å². The lowest BCUT2D eigenvalue weighted by Gasteiger charge is -2.05. The molecule has 0 fully saturated rings. The highest BCUT2D eigenvalue weighted by atomic mass is 16.5. The van der Waals surface area contributed by atoms with Crippen molar-refractivity contribution < 1.29 is 23.2 Å². The van der Waals surface area contributed by atoms with E-state index in [1.165, 1.54) is 0 Å². The van der Waals surface area contributed by atoms with Crippen LogP contribution in [0.15, 0.2) is 57.4 Å². The molecule has 0 unspecified atom stereocenters. The molecule has 1 N–H and O–H groups in total. The molecule has 0 saturated heterocycles. The molecule has 7 heteroatoms. The molecule has 4 aromatic rings. The van der Waals surface area contributed by atoms with Crippen LogP contribution >= 0.6 is 0 Å². The molecule has 1 amide bonds. The Morgan fingerprint density at radius 1 is 1.04 bits per heavy atom. The second-order valence-electron chi connectivity index (χ2n) is 6.09. The predicted molar refractivity (Wildman–Crippen MR) is 101 cm³/mol. The number of nitrogens with zero attached hydrogens (tertiary/aromatic N) is 1. The number of rotatable bonds is 4. The molecule has 0 aliphatic carbocycles. The van der Waals surface area contributed by atoms with E-state index < -0.39 is 18.5 Å². The number of carbonyl (C=O) groups is 2. The number of benzene rings is 2. The summed E-state index contributed by atoms with van der Waals surface area (Å²) in [6.07, 6.45) is 0. The van der Waals surface area contributed by atoms with Gasteiger partial charge in [-0.3, -0.25) is 4.79 Å². The van der Waals surface area contributed by atoms with E-state index in [4.69, 9.17) is 13.6 Å². The number of hydrogen-bond acceptors (Lipinski definition) is 6. The molecule has 0 bridgehead atoms. The van der Waals surface area contributed by atoms with E-state index in [-0.39, 0.29) is 17.2 Å². The third kappa shape index (κ3) is 2.97. The van der Waals surface area contributed by atoms with Crippen molar-refractivity contribution in [2.75, 3.05) is 11.9 Å². The summed E-state index contributed by atoms with van der Waals surface area (Å²) >= 11 is 0. The van der Waals surface area contributed by atoms with Gasteiger partial charge in [-0.05, 0) is 25.1 Å². The van der Waals surface area contributed by atoms with Gasteiger partial charge in [0.05, 0.1) is 0 Å². The predicted octanol–water partition coefficient (Wildman–Crippen LogP) is 4.15. The lowest BCUT2D eigenvalue weighted by molar-refractivity contribution is -0.119. The Hall–Kier alpha value is -4.05. The Bertz CT molecular complexity index is 1260. The topological polar surface area (TPSA) is 105 Å². The average molecular weight is 374 g/mol. The van der Waals surface area contributed by atoms with Gasteiger partial charge >= 0.3 is 5.97 Å². The number of carbonyl (C=O) groups excluding carboxylic acids is 2. The summed E-state index contributed by atoms with van der Waals surface area (Å²) < 4.78 is 16.0. The van der Waals surface area contributed by atoms with Crippen LogP contribution in [0.5, 0.6) is 0 Å². The third-order valence-corrected chi connectivity index (χ3v) is 4.32. The molecule has 0 aliphatic heterocycles. The second kappa shape index (κ2) is 6.93. The molecule has 0 radical (unpaired) electrons. The summed E-state index contributed by atoms with van der Waals surface area (Å²) in [4.78, 5) is 24.6. The number of nitriles is 1. The van der Waals surface area contributed by atoms with Gasteiger partial charge in [0.25, 0.3) is 5.91 Å². The molecule has 7 nitrogen and oxygen atoms in total. The minimum atomic E-state index is -0.735. The van der Waals surface area contributed by atoms with Crippen LogP contribution in [0, 0.1) is 18.3 Å². The smallest absolute Gasteiger partial charge is 0.375 e. The molecule has 4 rings (SSSR count). The summed E-state index contributed by atoms with van der Waals surface area (Å²) in [5, 5.41) is 13.2. The molecule has 0 atom stereocenters. The molecule has 2 heterocycles. The van der Waals surface area contributed by atoms with Gasteiger partial charge in [-0.15, -0.1) is 0 Å². The van der Waals surface area contributed by atoms with Gasteiger partial charge in [0.2, 0.25) is 11.5 Å². The van der Waals surface area contributed by atoms with Crippen molar-refractivity contribution in [2.24, 2.45) is 0 Å². The zero-order valence-corrected chi connectivity index (χ0v) is 14.8. The van der Waals surface area contributed by atoms with Crippen LogP contribution in [0.3, 0.4) is 0 Å². The summed E-state index contributed by atoms with van der Waals surface area (Å²) in [7, 11) is 0. The van der Waals surface area contributed by atoms with E-state index in [1.54, 1.807) is 43.3 Å². The highest BCUT2D eigenvalue weighted by molar-refractivity contribution is 6.04. The highest BCUT2D eigenvalue weighted by Gasteiger charge is 2.21. The molecule has 2 aromatic carbocycles. The lowest BCUT2D eigenvalue weighted by atomic mass is 10.1. The quantitative estimate of drug-likeness (QED) is 0.538. The number of esters is 1. The van der Waals surface area contributed by atoms with E-state index in [0.717, 1.165) is 5.39 Å². The van der Waals surface area contributed by atoms with Crippen molar-refractivity contribution in [3.8, 4) is 6.07 Å². The first kappa shape index (κ1) is 17.4. The maximum absolute atomic E-state index is 12.3. The average Bonchev–Trinajstić information content (AvgIpc) is 3.24. The molecular formula is C21H14N2O5. The normalized spacial score (nSPS) is 10.7. The summed E-state index contributed by atoms with van der Waals surface area (Å²) in [5.41, 5.74) is 1.94. The summed E-state index contributed by atoms with van der Waals surface area (Å²) in [5.74, 6) is -1.29. The first-order valence-electron chi connectivity index (χ1n) is 8.45. The molecule has 0 spiro atoms. The fraction of sp³-hybridized carbons (Fsp3) is 0.0952. The van der Waals surface area contributed by atoms with Gasteiger partial charge in [0, 0.05) is 16.3 Å². The van der Waals surface area contributed by atoms with Crippen LogP contribution in [0.2, 0.25) is 0 Å². The van der Waals surface area contributed by atoms with Gasteiger partial charge in [-0.25, -0.2) is 4.79 Å². The Morgan fingerprint density at radius 3 is 2.36 bits per heavy atom. The number of furan rings is 2. The van der Waals surface area contributed by atoms with Crippen molar-refractivity contribution in [1.82, 2.24) is 0 Å². The van der Waals surface area contributed by atoms with Crippen molar-refractivity contribution in [1.29, 1.82) is 5.26 Å². The van der Waals surface area contributed by atoms with Crippen molar-refractivity contribution in [3.63, 3.8) is 0 Å². The molecular weight excluding hydrogens is 360 g/mol. The van der Waals surface area contributed by atoms with Crippen LogP contribution in [-0.4, -0.2) is 18.5 Å². The van der Waals surface area contributed by atoms with Crippen molar-refractivity contribution >= 4 is 39.5 Å². The SMILES string of the molecule is Cc1c(C(=O)OCC(=O)Nc2c(C#N)oc3ccccc23)oc2ccccc12. The highest BCUT2D eigenvalue weighted by Crippen LogP contribution is 2.30. The number of aryl methyl sites for hydroxylation is 1. The molecule has 0 saturated carbocycles. The van der Waals surface area contributed by atoms with Crippen molar-refractivity contribution in [2.45, 2.75) is 6.92 Å². The lowest BCUT2D eigenvalue weighted by Crippen LogP contribution is -2.21. The molecule has 2 aromatic heterocycles. The van der Waals surface area contributed by atoms with Crippen molar-refractivity contribution in [3.05, 3.63) is 65.6 Å². The molecule has 0 aliphatic rings. The summed E-state index contributed by atoms with van der Waals surface area (Å²) in [6.45, 7) is 1.22. The standard InChI is InChI=1S/C21H14N2O5/c1-12-13-6-2-4-8-15(13)28-20(12)21(25)26-11-18(24)23-19-14-7-3-5-9-16(14)27-17(19)10-22/h2-9H,11H2,1H3,(H,23,24). The maximum Gasteiger partial charge on any atom is 0.375 e. The molecule has 138 valence electrons. The Labute approximate surface area is 159 Å². The number of fused-ring (bicyclic) bond motifs is 2. The van der Waals surface area contributed by atoms with Crippen LogP contribution in [-0.2, 0) is 9.53 Å². The maximum atomic E-state index is 12.3. The number of ether oxygens (including phenoxy) is 1. The van der Waals surface area contributed by atoms with E-state index in [9.17, 15) is 14.9 Å². The van der Waals surface area contributed by atoms with Gasteiger partial charge in [-0.2, -0.15) is 5.26 Å². The van der Waals surface area contributed by atoms with Gasteiger partial charge in [0.1, 0.15) is 22.9 Å². The van der Waals surface area contributed by atoms with Crippen LogP contribution in [0.1, 0.15) is 21.9 Å². The first-order valence-corrected chi connectivity index (χ1v) is 8.45. The number of hydrogen-bond donors (Lipinski definition) is 1. The fourth-order valence-corrected chi connectivity index (χ4v) is 2.99. The number of amides is 1. The second-order valence-corrected chi connectivity index (χ2v) is 6.09. The van der Waals surface area contributed by atoms with Crippen LogP contribution < -0.4 is 5.32 Å². The van der Waals surface area contributed by atoms with Gasteiger partial charge in [-0.1, -0.05) is 30.3 Å². The minimum absolute atomic E-state index is 0.0194. The monoisotopic (exact) mass is 374 g/mol. The number of para-hydroxylation sites is 2. The van der Waals surface area contributed by atoms with Crippen LogP contribution in [0.4, 0.5) is 5.69 Å². The molecule has 28 heavy (non-hydrogen) atoms.